The Bertz CT molecular complexity index is 502. The van der Waals surface area contributed by atoms with Crippen LogP contribution in [-0.4, -0.2) is 32.0 Å². The normalized spacial score (nSPS) is 13.5. The van der Waals surface area contributed by atoms with Crippen LogP contribution in [0.25, 0.3) is 0 Å². The van der Waals surface area contributed by atoms with Gasteiger partial charge in [0.25, 0.3) is 0 Å². The zero-order valence-corrected chi connectivity index (χ0v) is 10.2. The summed E-state index contributed by atoms with van der Waals surface area (Å²) in [5.74, 6) is 0.196. The van der Waals surface area contributed by atoms with Gasteiger partial charge in [-0.05, 0) is 12.5 Å². The van der Waals surface area contributed by atoms with Gasteiger partial charge in [-0.25, -0.2) is 14.2 Å². The molecular formula is C8H13FN3O5P. The lowest BCUT2D eigenvalue weighted by molar-refractivity contribution is 0.000861. The van der Waals surface area contributed by atoms with Crippen molar-refractivity contribution in [1.29, 1.82) is 0 Å². The molecule has 1 atom stereocenters. The van der Waals surface area contributed by atoms with Gasteiger partial charge in [-0.2, -0.15) is 0 Å². The summed E-state index contributed by atoms with van der Waals surface area (Å²) < 4.78 is 28.6. The number of ether oxygens (including phenoxy) is 1. The largest absolute Gasteiger partial charge is 0.386 e. The number of halogens is 1. The topological polar surface area (TPSA) is 128 Å². The van der Waals surface area contributed by atoms with Gasteiger partial charge in [0.15, 0.2) is 0 Å². The van der Waals surface area contributed by atoms with Crippen LogP contribution in [0.4, 0.5) is 10.2 Å². The molecule has 0 spiro atoms. The minimum Gasteiger partial charge on any atom is -0.385 e. The first kappa shape index (κ1) is 14.8. The summed E-state index contributed by atoms with van der Waals surface area (Å²) in [5, 5.41) is 0. The van der Waals surface area contributed by atoms with Crippen molar-refractivity contribution in [2.45, 2.75) is 19.1 Å². The molecule has 18 heavy (non-hydrogen) atoms. The lowest BCUT2D eigenvalue weighted by atomic mass is 10.4. The smallest absolute Gasteiger partial charge is 0.385 e. The fourth-order valence-corrected chi connectivity index (χ4v) is 1.47. The average molecular weight is 281 g/mol. The van der Waals surface area contributed by atoms with E-state index in [1.54, 1.807) is 0 Å². The molecule has 1 rings (SSSR count). The minimum absolute atomic E-state index is 0.117. The Morgan fingerprint density at radius 1 is 1.61 bits per heavy atom. The van der Waals surface area contributed by atoms with E-state index in [0.29, 0.717) is 0 Å². The molecule has 1 aromatic heterocycles. The van der Waals surface area contributed by atoms with Crippen LogP contribution in [0, 0.1) is 0 Å². The third-order valence-corrected chi connectivity index (χ3v) is 2.70. The second-order valence-electron chi connectivity index (χ2n) is 3.41. The zero-order chi connectivity index (χ0) is 13.8. The summed E-state index contributed by atoms with van der Waals surface area (Å²) in [6.45, 7) is -0.139. The van der Waals surface area contributed by atoms with Gasteiger partial charge >= 0.3 is 19.4 Å². The molecule has 0 aliphatic carbocycles. The molecule has 0 saturated carbocycles. The van der Waals surface area contributed by atoms with Gasteiger partial charge < -0.3 is 20.3 Å². The van der Waals surface area contributed by atoms with Crippen molar-refractivity contribution in [1.82, 2.24) is 9.55 Å². The number of hydrogen-bond acceptors (Lipinski definition) is 5. The minimum atomic E-state index is -4.88. The molecule has 8 nitrogen and oxygen atoms in total. The van der Waals surface area contributed by atoms with Gasteiger partial charge in [-0.15, -0.1) is 0 Å². The zero-order valence-electron chi connectivity index (χ0n) is 9.27. The van der Waals surface area contributed by atoms with Gasteiger partial charge in [0, 0.05) is 12.7 Å². The number of rotatable bonds is 6. The third-order valence-electron chi connectivity index (χ3n) is 2.02. The number of aromatic nitrogens is 2. The molecule has 0 fully saturated rings. The molecular weight excluding hydrogens is 268 g/mol. The van der Waals surface area contributed by atoms with E-state index >= 15 is 0 Å². The number of nitrogen functional groups attached to an aromatic ring is 1. The Labute approximate surface area is 101 Å². The number of nitrogens with zero attached hydrogens (tertiary/aromatic N) is 2. The number of hydrogen-bond donors (Lipinski definition) is 3. The van der Waals surface area contributed by atoms with Crippen molar-refractivity contribution in [3.63, 3.8) is 0 Å². The van der Waals surface area contributed by atoms with Crippen molar-refractivity contribution in [2.75, 3.05) is 12.3 Å². The van der Waals surface area contributed by atoms with Crippen molar-refractivity contribution in [2.24, 2.45) is 0 Å². The first-order chi connectivity index (χ1) is 8.32. The molecule has 0 amide bonds. The predicted octanol–water partition coefficient (Wildman–Crippen LogP) is -0.337. The van der Waals surface area contributed by atoms with E-state index in [2.05, 4.69) is 9.72 Å². The van der Waals surface area contributed by atoms with Crippen LogP contribution in [0.5, 0.6) is 0 Å². The standard InChI is InChI=1S/C8H13FN3O5P/c9-7(18(14,15)16)17-5-1-4-12-6(10)2-3-11-8(12)13/h2-3,7H,1,4-5,10H2,(H2,14,15,16). The van der Waals surface area contributed by atoms with E-state index in [0.717, 1.165) is 4.57 Å². The van der Waals surface area contributed by atoms with E-state index in [-0.39, 0.29) is 25.4 Å². The van der Waals surface area contributed by atoms with Crippen molar-refractivity contribution in [3.05, 3.63) is 22.7 Å². The highest BCUT2D eigenvalue weighted by Crippen LogP contribution is 2.42. The summed E-state index contributed by atoms with van der Waals surface area (Å²) in [6, 6.07) is 1.43. The second kappa shape index (κ2) is 6.05. The quantitative estimate of drug-likeness (QED) is 0.480. The lowest BCUT2D eigenvalue weighted by Crippen LogP contribution is -2.25. The fourth-order valence-electron chi connectivity index (χ4n) is 1.17. The SMILES string of the molecule is Nc1ccnc(=O)n1CCCOC(F)P(=O)(O)O. The number of alkyl halides is 1. The Kier molecular flexibility index (Phi) is 4.97. The molecule has 10 heteroatoms. The molecule has 0 bridgehead atoms. The number of anilines is 1. The molecule has 1 heterocycles. The van der Waals surface area contributed by atoms with E-state index in [1.165, 1.54) is 12.3 Å². The molecule has 0 saturated heterocycles. The summed E-state index contributed by atoms with van der Waals surface area (Å²) in [4.78, 5) is 31.6. The highest BCUT2D eigenvalue weighted by atomic mass is 31.2. The summed E-state index contributed by atoms with van der Waals surface area (Å²) >= 11 is 0. The maximum atomic E-state index is 12.7. The van der Waals surface area contributed by atoms with Gasteiger partial charge in [-0.1, -0.05) is 0 Å². The lowest BCUT2D eigenvalue weighted by Gasteiger charge is -2.12. The summed E-state index contributed by atoms with van der Waals surface area (Å²) in [7, 11) is -4.88. The van der Waals surface area contributed by atoms with Crippen LogP contribution >= 0.6 is 7.60 Å². The van der Waals surface area contributed by atoms with Gasteiger partial charge in [0.1, 0.15) is 5.82 Å². The maximum Gasteiger partial charge on any atom is 0.386 e. The maximum absolute atomic E-state index is 12.7. The van der Waals surface area contributed by atoms with Crippen LogP contribution in [-0.2, 0) is 15.8 Å². The van der Waals surface area contributed by atoms with Crippen LogP contribution < -0.4 is 11.4 Å². The molecule has 1 unspecified atom stereocenters. The molecule has 1 aromatic rings. The van der Waals surface area contributed by atoms with Crippen LogP contribution in [0.15, 0.2) is 17.1 Å². The van der Waals surface area contributed by atoms with Crippen LogP contribution in [0.3, 0.4) is 0 Å². The Morgan fingerprint density at radius 3 is 2.83 bits per heavy atom. The Morgan fingerprint density at radius 2 is 2.28 bits per heavy atom. The Balaban J connectivity index is 2.44. The van der Waals surface area contributed by atoms with Crippen molar-refractivity contribution in [3.8, 4) is 0 Å². The fraction of sp³-hybridized carbons (Fsp3) is 0.500. The van der Waals surface area contributed by atoms with Crippen LogP contribution in [0.1, 0.15) is 6.42 Å². The predicted molar refractivity (Wildman–Crippen MR) is 60.4 cm³/mol. The highest BCUT2D eigenvalue weighted by molar-refractivity contribution is 7.52. The molecule has 4 N–H and O–H groups in total. The third kappa shape index (κ3) is 4.19. The van der Waals surface area contributed by atoms with Gasteiger partial charge in [0.2, 0.25) is 0 Å². The number of nitrogens with two attached hydrogens (primary N) is 1. The van der Waals surface area contributed by atoms with Crippen molar-refractivity contribution < 1.29 is 23.5 Å². The molecule has 0 aliphatic rings. The average Bonchev–Trinajstić information content (AvgIpc) is 2.25. The van der Waals surface area contributed by atoms with E-state index in [1.807, 2.05) is 0 Å². The first-order valence-corrected chi connectivity index (χ1v) is 6.62. The van der Waals surface area contributed by atoms with Crippen LogP contribution in [0.2, 0.25) is 0 Å². The van der Waals surface area contributed by atoms with E-state index in [4.69, 9.17) is 15.5 Å². The molecule has 0 aliphatic heterocycles. The van der Waals surface area contributed by atoms with E-state index in [9.17, 15) is 13.8 Å². The van der Waals surface area contributed by atoms with Crippen molar-refractivity contribution >= 4 is 13.4 Å². The highest BCUT2D eigenvalue weighted by Gasteiger charge is 2.28. The summed E-state index contributed by atoms with van der Waals surface area (Å²) in [5.41, 5.74) is 4.96. The Hall–Kier alpha value is -1.28. The monoisotopic (exact) mass is 281 g/mol. The first-order valence-electron chi connectivity index (χ1n) is 4.94. The molecule has 0 radical (unpaired) electrons. The van der Waals surface area contributed by atoms with Gasteiger partial charge in [0.05, 0.1) is 6.61 Å². The molecule has 0 aromatic carbocycles. The second-order valence-corrected chi connectivity index (χ2v) is 4.99. The van der Waals surface area contributed by atoms with E-state index < -0.39 is 19.4 Å². The molecule has 102 valence electrons. The van der Waals surface area contributed by atoms with Gasteiger partial charge in [-0.3, -0.25) is 9.13 Å². The summed E-state index contributed by atoms with van der Waals surface area (Å²) in [6.07, 6.45) is -1.23.